The second-order valence-corrected chi connectivity index (χ2v) is 10.6. The summed E-state index contributed by atoms with van der Waals surface area (Å²) in [6, 6.07) is 14.9. The second-order valence-electron chi connectivity index (χ2n) is 10.6. The molecular weight excluding hydrogens is 410 g/mol. The molecule has 0 radical (unpaired) electrons. The molecule has 0 atom stereocenters. The van der Waals surface area contributed by atoms with Gasteiger partial charge in [-0.3, -0.25) is 4.98 Å². The van der Waals surface area contributed by atoms with Crippen LogP contribution < -0.4 is 4.74 Å². The summed E-state index contributed by atoms with van der Waals surface area (Å²) in [5, 5.41) is 0.944. The number of esters is 1. The number of hydrogen-bond acceptors (Lipinski definition) is 4. The molecule has 7 rings (SSSR count). The van der Waals surface area contributed by atoms with Crippen LogP contribution in [0.25, 0.3) is 22.0 Å². The van der Waals surface area contributed by atoms with Crippen molar-refractivity contribution < 1.29 is 14.3 Å². The van der Waals surface area contributed by atoms with Gasteiger partial charge in [-0.2, -0.15) is 0 Å². The average Bonchev–Trinajstić information content (AvgIpc) is 2.81. The monoisotopic (exact) mass is 441 g/mol. The lowest BCUT2D eigenvalue weighted by Crippen LogP contribution is -2.48. The van der Waals surface area contributed by atoms with E-state index in [1.54, 1.807) is 7.11 Å². The molecule has 2 aromatic carbocycles. The number of benzene rings is 2. The number of aryl methyl sites for hydroxylation is 1. The van der Waals surface area contributed by atoms with Crippen molar-refractivity contribution in [2.75, 3.05) is 14.2 Å². The van der Waals surface area contributed by atoms with Gasteiger partial charge in [-0.1, -0.05) is 18.2 Å². The molecule has 4 aliphatic rings. The van der Waals surface area contributed by atoms with E-state index >= 15 is 0 Å². The second kappa shape index (κ2) is 7.58. The molecule has 0 aliphatic heterocycles. The molecule has 4 nitrogen and oxygen atoms in total. The molecule has 3 aromatic rings. The number of rotatable bonds is 4. The van der Waals surface area contributed by atoms with E-state index in [4.69, 9.17) is 14.5 Å². The fourth-order valence-electron chi connectivity index (χ4n) is 7.50. The molecule has 0 spiro atoms. The smallest absolute Gasteiger partial charge is 0.339 e. The van der Waals surface area contributed by atoms with Gasteiger partial charge in [0, 0.05) is 10.9 Å². The lowest BCUT2D eigenvalue weighted by atomic mass is 9.48. The van der Waals surface area contributed by atoms with Gasteiger partial charge in [-0.25, -0.2) is 4.79 Å². The highest BCUT2D eigenvalue weighted by Crippen LogP contribution is 2.62. The zero-order valence-corrected chi connectivity index (χ0v) is 19.7. The summed E-state index contributed by atoms with van der Waals surface area (Å²) in [6.45, 7) is 1.86. The summed E-state index contributed by atoms with van der Waals surface area (Å²) in [4.78, 5) is 16.8. The first-order valence-corrected chi connectivity index (χ1v) is 12.2. The number of methoxy groups -OCH3 is 2. The maximum Gasteiger partial charge on any atom is 0.339 e. The Balaban J connectivity index is 1.42. The van der Waals surface area contributed by atoms with Crippen LogP contribution in [0.15, 0.2) is 42.5 Å². The molecule has 4 saturated carbocycles. The van der Waals surface area contributed by atoms with E-state index in [-0.39, 0.29) is 11.4 Å². The minimum Gasteiger partial charge on any atom is -0.496 e. The number of hydrogen-bond donors (Lipinski definition) is 0. The van der Waals surface area contributed by atoms with E-state index in [1.807, 2.05) is 13.0 Å². The number of aromatic nitrogens is 1. The van der Waals surface area contributed by atoms with E-state index in [0.29, 0.717) is 11.3 Å². The molecule has 0 unspecified atom stereocenters. The number of carbonyl (C=O) groups excluding carboxylic acids is 1. The summed E-state index contributed by atoms with van der Waals surface area (Å²) in [5.41, 5.74) is 6.14. The van der Waals surface area contributed by atoms with Crippen molar-refractivity contribution in [3.05, 3.63) is 59.3 Å². The van der Waals surface area contributed by atoms with Crippen LogP contribution >= 0.6 is 0 Å². The highest BCUT2D eigenvalue weighted by Gasteiger charge is 2.52. The molecule has 0 N–H and O–H groups in total. The molecular formula is C29H31NO3. The molecule has 1 aromatic heterocycles. The molecule has 0 saturated heterocycles. The zero-order valence-electron chi connectivity index (χ0n) is 19.7. The number of carbonyl (C=O) groups is 1. The van der Waals surface area contributed by atoms with Gasteiger partial charge in [0.2, 0.25) is 0 Å². The summed E-state index contributed by atoms with van der Waals surface area (Å²) in [5.74, 6) is 3.36. The predicted octanol–water partition coefficient (Wildman–Crippen LogP) is 6.47. The van der Waals surface area contributed by atoms with Crippen LogP contribution in [-0.2, 0) is 10.2 Å². The third-order valence-corrected chi connectivity index (χ3v) is 8.56. The Bertz CT molecular complexity index is 1230. The third kappa shape index (κ3) is 3.34. The summed E-state index contributed by atoms with van der Waals surface area (Å²) >= 11 is 0. The molecule has 4 aliphatic carbocycles. The predicted molar refractivity (Wildman–Crippen MR) is 130 cm³/mol. The summed E-state index contributed by atoms with van der Waals surface area (Å²) in [7, 11) is 3.21. The SMILES string of the molecule is COC(=O)c1cc2ccc(-c3ccc(OC)c(C45CC6CC(CC(C6)C4)C5)c3)cc2nc1C. The number of nitrogens with zero attached hydrogens (tertiary/aromatic N) is 1. The van der Waals surface area contributed by atoms with E-state index in [0.717, 1.165) is 40.0 Å². The molecule has 1 heterocycles. The normalized spacial score (nSPS) is 27.7. The Morgan fingerprint density at radius 1 is 0.909 bits per heavy atom. The van der Waals surface area contributed by atoms with Crippen molar-refractivity contribution in [2.24, 2.45) is 17.8 Å². The minimum absolute atomic E-state index is 0.275. The van der Waals surface area contributed by atoms with Gasteiger partial charge in [0.05, 0.1) is 31.0 Å². The minimum atomic E-state index is -0.346. The van der Waals surface area contributed by atoms with Crippen LogP contribution in [0.5, 0.6) is 5.75 Å². The molecule has 0 amide bonds. The van der Waals surface area contributed by atoms with E-state index in [2.05, 4.69) is 36.4 Å². The Labute approximate surface area is 195 Å². The first-order chi connectivity index (χ1) is 16.0. The van der Waals surface area contributed by atoms with Crippen molar-refractivity contribution in [1.82, 2.24) is 4.98 Å². The molecule has 170 valence electrons. The maximum absolute atomic E-state index is 12.1. The van der Waals surface area contributed by atoms with E-state index in [1.165, 1.54) is 56.8 Å². The van der Waals surface area contributed by atoms with Crippen molar-refractivity contribution in [3.8, 4) is 16.9 Å². The van der Waals surface area contributed by atoms with Crippen LogP contribution in [0.4, 0.5) is 0 Å². The standard InChI is InChI=1S/C29H31NO3/c1-17-24(28(31)33-3)11-23-5-4-22(13-26(23)30-17)21-6-7-27(32-2)25(12-21)29-14-18-8-19(15-29)10-20(9-18)16-29/h4-7,11-13,18-20H,8-10,14-16H2,1-3H3. The average molecular weight is 442 g/mol. The quantitative estimate of drug-likeness (QED) is 0.435. The number of pyridine rings is 1. The lowest BCUT2D eigenvalue weighted by Gasteiger charge is -2.57. The van der Waals surface area contributed by atoms with Gasteiger partial charge in [0.15, 0.2) is 0 Å². The van der Waals surface area contributed by atoms with E-state index in [9.17, 15) is 4.79 Å². The first-order valence-electron chi connectivity index (χ1n) is 12.2. The van der Waals surface area contributed by atoms with Crippen LogP contribution in [0.1, 0.15) is 60.1 Å². The van der Waals surface area contributed by atoms with Gasteiger partial charge in [-0.15, -0.1) is 0 Å². The van der Waals surface area contributed by atoms with Gasteiger partial charge in [-0.05, 0) is 104 Å². The van der Waals surface area contributed by atoms with Crippen molar-refractivity contribution in [1.29, 1.82) is 0 Å². The van der Waals surface area contributed by atoms with Crippen molar-refractivity contribution >= 4 is 16.9 Å². The van der Waals surface area contributed by atoms with Crippen molar-refractivity contribution in [2.45, 2.75) is 50.9 Å². The summed E-state index contributed by atoms with van der Waals surface area (Å²) in [6.07, 6.45) is 8.24. The van der Waals surface area contributed by atoms with Crippen LogP contribution in [-0.4, -0.2) is 25.2 Å². The number of ether oxygens (including phenoxy) is 2. The molecule has 4 heteroatoms. The highest BCUT2D eigenvalue weighted by atomic mass is 16.5. The Kier molecular flexibility index (Phi) is 4.76. The fraction of sp³-hybridized carbons (Fsp3) is 0.448. The Morgan fingerprint density at radius 3 is 2.18 bits per heavy atom. The van der Waals surface area contributed by atoms with Crippen LogP contribution in [0.3, 0.4) is 0 Å². The van der Waals surface area contributed by atoms with E-state index < -0.39 is 0 Å². The van der Waals surface area contributed by atoms with Crippen LogP contribution in [0, 0.1) is 24.7 Å². The molecule has 33 heavy (non-hydrogen) atoms. The largest absolute Gasteiger partial charge is 0.496 e. The summed E-state index contributed by atoms with van der Waals surface area (Å²) < 4.78 is 10.8. The van der Waals surface area contributed by atoms with Gasteiger partial charge in [0.1, 0.15) is 5.75 Å². The van der Waals surface area contributed by atoms with Crippen molar-refractivity contribution in [3.63, 3.8) is 0 Å². The lowest BCUT2D eigenvalue weighted by molar-refractivity contribution is -0.00613. The van der Waals surface area contributed by atoms with Gasteiger partial charge in [0.25, 0.3) is 0 Å². The van der Waals surface area contributed by atoms with Crippen LogP contribution in [0.2, 0.25) is 0 Å². The molecule has 4 fully saturated rings. The van der Waals surface area contributed by atoms with Gasteiger partial charge >= 0.3 is 5.97 Å². The molecule has 4 bridgehead atoms. The zero-order chi connectivity index (χ0) is 22.7. The maximum atomic E-state index is 12.1. The first kappa shape index (κ1) is 20.7. The Morgan fingerprint density at radius 2 is 1.55 bits per heavy atom. The highest BCUT2D eigenvalue weighted by molar-refractivity contribution is 5.96. The third-order valence-electron chi connectivity index (χ3n) is 8.56. The van der Waals surface area contributed by atoms with Gasteiger partial charge < -0.3 is 9.47 Å². The fourth-order valence-corrected chi connectivity index (χ4v) is 7.50. The number of fused-ring (bicyclic) bond motifs is 1. The topological polar surface area (TPSA) is 48.4 Å². The Hall–Kier alpha value is -2.88.